The Hall–Kier alpha value is -2.49. The smallest absolute Gasteiger partial charge is 0.321 e. The van der Waals surface area contributed by atoms with E-state index >= 15 is 0 Å². The second-order valence-electron chi connectivity index (χ2n) is 6.75. The Morgan fingerprint density at radius 3 is 2.80 bits per heavy atom. The first kappa shape index (κ1) is 16.0. The Labute approximate surface area is 148 Å². The third kappa shape index (κ3) is 3.48. The number of nitrogens with zero attached hydrogens (tertiary/aromatic N) is 1. The van der Waals surface area contributed by atoms with E-state index in [1.54, 1.807) is 0 Å². The second-order valence-corrected chi connectivity index (χ2v) is 6.75. The van der Waals surface area contributed by atoms with Gasteiger partial charge in [-0.25, -0.2) is 4.79 Å². The third-order valence-corrected chi connectivity index (χ3v) is 5.07. The Morgan fingerprint density at radius 2 is 1.84 bits per heavy atom. The molecule has 0 spiro atoms. The molecule has 2 aromatic rings. The molecule has 0 unspecified atom stereocenters. The van der Waals surface area contributed by atoms with E-state index in [0.717, 1.165) is 37.2 Å². The second kappa shape index (κ2) is 7.18. The molecule has 1 N–H and O–H groups in total. The summed E-state index contributed by atoms with van der Waals surface area (Å²) in [4.78, 5) is 14.3. The number of carbonyl (C=O) groups is 1. The summed E-state index contributed by atoms with van der Waals surface area (Å²) >= 11 is 0. The first-order valence-electron chi connectivity index (χ1n) is 9.19. The number of para-hydroxylation sites is 1. The van der Waals surface area contributed by atoms with Crippen LogP contribution in [0.1, 0.15) is 29.5 Å². The Kier molecular flexibility index (Phi) is 4.59. The topological polar surface area (TPSA) is 41.6 Å². The molecule has 0 aromatic heterocycles. The number of ether oxygens (including phenoxy) is 1. The highest BCUT2D eigenvalue weighted by Gasteiger charge is 2.21. The highest BCUT2D eigenvalue weighted by molar-refractivity contribution is 5.93. The minimum atomic E-state index is -0.0373. The monoisotopic (exact) mass is 336 g/mol. The van der Waals surface area contributed by atoms with Crippen LogP contribution >= 0.6 is 0 Å². The molecule has 4 heteroatoms. The number of benzene rings is 2. The number of fused-ring (bicyclic) bond motifs is 2. The quantitative estimate of drug-likeness (QED) is 0.865. The molecular formula is C21H24N2O2. The number of urea groups is 1. The van der Waals surface area contributed by atoms with E-state index in [4.69, 9.17) is 4.74 Å². The van der Waals surface area contributed by atoms with Crippen LogP contribution in [0.5, 0.6) is 5.75 Å². The van der Waals surface area contributed by atoms with E-state index in [1.807, 2.05) is 29.2 Å². The molecule has 1 heterocycles. The van der Waals surface area contributed by atoms with Gasteiger partial charge in [0, 0.05) is 12.2 Å². The molecule has 1 aliphatic carbocycles. The van der Waals surface area contributed by atoms with Gasteiger partial charge in [0.1, 0.15) is 12.4 Å². The molecule has 2 aliphatic rings. The molecule has 0 atom stereocenters. The number of hydrogen-bond acceptors (Lipinski definition) is 2. The SMILES string of the molecule is O=C(NCCOc1ccc2c(c1)CCC2)N1CCCc2ccccc21. The summed E-state index contributed by atoms with van der Waals surface area (Å²) < 4.78 is 5.81. The number of amides is 2. The van der Waals surface area contributed by atoms with E-state index in [9.17, 15) is 4.79 Å². The van der Waals surface area contributed by atoms with Gasteiger partial charge in [-0.2, -0.15) is 0 Å². The molecule has 0 bridgehead atoms. The van der Waals surface area contributed by atoms with E-state index in [0.29, 0.717) is 13.2 Å². The molecule has 130 valence electrons. The predicted octanol–water partition coefficient (Wildman–Crippen LogP) is 3.72. The summed E-state index contributed by atoms with van der Waals surface area (Å²) in [5, 5.41) is 2.98. The zero-order valence-corrected chi connectivity index (χ0v) is 14.5. The molecule has 2 amide bonds. The zero-order valence-electron chi connectivity index (χ0n) is 14.5. The van der Waals surface area contributed by atoms with Crippen molar-refractivity contribution in [2.45, 2.75) is 32.1 Å². The Balaban J connectivity index is 1.28. The summed E-state index contributed by atoms with van der Waals surface area (Å²) in [5.41, 5.74) is 5.14. The lowest BCUT2D eigenvalue weighted by Crippen LogP contribution is -2.44. The maximum atomic E-state index is 12.5. The van der Waals surface area contributed by atoms with Gasteiger partial charge in [0.2, 0.25) is 0 Å². The average Bonchev–Trinajstić information content (AvgIpc) is 3.12. The molecule has 4 rings (SSSR count). The van der Waals surface area contributed by atoms with E-state index in [1.165, 1.54) is 29.5 Å². The lowest BCUT2D eigenvalue weighted by atomic mass is 10.0. The van der Waals surface area contributed by atoms with Crippen LogP contribution in [0.15, 0.2) is 42.5 Å². The fraction of sp³-hybridized carbons (Fsp3) is 0.381. The molecule has 0 radical (unpaired) electrons. The van der Waals surface area contributed by atoms with Gasteiger partial charge in [-0.3, -0.25) is 4.90 Å². The fourth-order valence-electron chi connectivity index (χ4n) is 3.80. The summed E-state index contributed by atoms with van der Waals surface area (Å²) in [6, 6.07) is 14.5. The van der Waals surface area contributed by atoms with Crippen LogP contribution < -0.4 is 15.0 Å². The number of hydrogen-bond donors (Lipinski definition) is 1. The van der Waals surface area contributed by atoms with Crippen molar-refractivity contribution in [3.8, 4) is 5.75 Å². The first-order valence-corrected chi connectivity index (χ1v) is 9.19. The van der Waals surface area contributed by atoms with E-state index in [2.05, 4.69) is 23.5 Å². The molecule has 25 heavy (non-hydrogen) atoms. The lowest BCUT2D eigenvalue weighted by Gasteiger charge is -2.29. The van der Waals surface area contributed by atoms with Crippen molar-refractivity contribution < 1.29 is 9.53 Å². The third-order valence-electron chi connectivity index (χ3n) is 5.07. The van der Waals surface area contributed by atoms with Crippen LogP contribution in [-0.2, 0) is 19.3 Å². The van der Waals surface area contributed by atoms with E-state index < -0.39 is 0 Å². The molecule has 4 nitrogen and oxygen atoms in total. The number of rotatable bonds is 4. The molecule has 0 fully saturated rings. The number of aryl methyl sites for hydroxylation is 3. The van der Waals surface area contributed by atoms with Crippen molar-refractivity contribution in [3.63, 3.8) is 0 Å². The van der Waals surface area contributed by atoms with Crippen molar-refractivity contribution in [2.24, 2.45) is 0 Å². The largest absolute Gasteiger partial charge is 0.492 e. The Bertz CT molecular complexity index is 772. The highest BCUT2D eigenvalue weighted by atomic mass is 16.5. The molecule has 0 saturated carbocycles. The first-order chi connectivity index (χ1) is 12.3. The van der Waals surface area contributed by atoms with Crippen LogP contribution in [0.25, 0.3) is 0 Å². The maximum absolute atomic E-state index is 12.5. The summed E-state index contributed by atoms with van der Waals surface area (Å²) in [7, 11) is 0. The van der Waals surface area contributed by atoms with Gasteiger partial charge in [0.05, 0.1) is 6.54 Å². The predicted molar refractivity (Wildman–Crippen MR) is 99.5 cm³/mol. The minimum absolute atomic E-state index is 0.0373. The van der Waals surface area contributed by atoms with Gasteiger partial charge in [0.25, 0.3) is 0 Å². The Morgan fingerprint density at radius 1 is 1.00 bits per heavy atom. The highest BCUT2D eigenvalue weighted by Crippen LogP contribution is 2.27. The van der Waals surface area contributed by atoms with Gasteiger partial charge in [-0.15, -0.1) is 0 Å². The van der Waals surface area contributed by atoms with Gasteiger partial charge < -0.3 is 10.1 Å². The summed E-state index contributed by atoms with van der Waals surface area (Å²) in [5.74, 6) is 0.901. The summed E-state index contributed by atoms with van der Waals surface area (Å²) in [6.07, 6.45) is 5.63. The normalized spacial score (nSPS) is 15.4. The van der Waals surface area contributed by atoms with Crippen molar-refractivity contribution in [1.29, 1.82) is 0 Å². The van der Waals surface area contributed by atoms with Crippen molar-refractivity contribution in [2.75, 3.05) is 24.6 Å². The molecule has 0 saturated heterocycles. The number of nitrogens with one attached hydrogen (secondary N) is 1. The standard InChI is InChI=1S/C21H24N2O2/c24-21(23-13-4-8-17-5-1-2-9-20(17)23)22-12-14-25-19-11-10-16-6-3-7-18(16)15-19/h1-2,5,9-11,15H,3-4,6-8,12-14H2,(H,22,24). The van der Waals surface area contributed by atoms with Crippen LogP contribution in [-0.4, -0.2) is 25.7 Å². The molecule has 1 aliphatic heterocycles. The fourth-order valence-corrected chi connectivity index (χ4v) is 3.80. The maximum Gasteiger partial charge on any atom is 0.321 e. The summed E-state index contributed by atoms with van der Waals surface area (Å²) in [6.45, 7) is 1.77. The number of anilines is 1. The van der Waals surface area contributed by atoms with Crippen LogP contribution in [0, 0.1) is 0 Å². The van der Waals surface area contributed by atoms with Crippen molar-refractivity contribution in [3.05, 3.63) is 59.2 Å². The number of carbonyl (C=O) groups excluding carboxylic acids is 1. The van der Waals surface area contributed by atoms with Crippen molar-refractivity contribution >= 4 is 11.7 Å². The van der Waals surface area contributed by atoms with E-state index in [-0.39, 0.29) is 6.03 Å². The zero-order chi connectivity index (χ0) is 17.1. The minimum Gasteiger partial charge on any atom is -0.492 e. The van der Waals surface area contributed by atoms with Crippen LogP contribution in [0.4, 0.5) is 10.5 Å². The van der Waals surface area contributed by atoms with Gasteiger partial charge in [-0.1, -0.05) is 24.3 Å². The molecular weight excluding hydrogens is 312 g/mol. The van der Waals surface area contributed by atoms with Gasteiger partial charge >= 0.3 is 6.03 Å². The van der Waals surface area contributed by atoms with Crippen LogP contribution in [0.2, 0.25) is 0 Å². The molecule has 2 aromatic carbocycles. The lowest BCUT2D eigenvalue weighted by molar-refractivity contribution is 0.241. The van der Waals surface area contributed by atoms with Gasteiger partial charge in [0.15, 0.2) is 0 Å². The van der Waals surface area contributed by atoms with Crippen molar-refractivity contribution in [1.82, 2.24) is 5.32 Å². The van der Waals surface area contributed by atoms with Crippen LogP contribution in [0.3, 0.4) is 0 Å². The average molecular weight is 336 g/mol. The van der Waals surface area contributed by atoms with Gasteiger partial charge in [-0.05, 0) is 67.0 Å².